The molecule has 1 aliphatic heterocycles. The third-order valence-corrected chi connectivity index (χ3v) is 4.04. The summed E-state index contributed by atoms with van der Waals surface area (Å²) in [5.74, 6) is 0.713. The maximum Gasteiger partial charge on any atom is 0.0495 e. The zero-order chi connectivity index (χ0) is 13.5. The van der Waals surface area contributed by atoms with Gasteiger partial charge in [-0.05, 0) is 59.8 Å². The fraction of sp³-hybridized carbons (Fsp3) is 0.667. The maximum atomic E-state index is 5.48. The fourth-order valence-corrected chi connectivity index (χ4v) is 2.77. The minimum atomic E-state index is 0.514. The molecule has 0 bridgehead atoms. The van der Waals surface area contributed by atoms with Gasteiger partial charge in [0.15, 0.2) is 0 Å². The van der Waals surface area contributed by atoms with Gasteiger partial charge < -0.3 is 10.1 Å². The summed E-state index contributed by atoms with van der Waals surface area (Å²) in [4.78, 5) is 4.48. The number of nitrogens with zero attached hydrogens (tertiary/aromatic N) is 1. The first-order chi connectivity index (χ1) is 9.28. The zero-order valence-electron chi connectivity index (χ0n) is 11.6. The van der Waals surface area contributed by atoms with Gasteiger partial charge in [0.05, 0.1) is 0 Å². The van der Waals surface area contributed by atoms with Gasteiger partial charge in [-0.25, -0.2) is 0 Å². The van der Waals surface area contributed by atoms with Crippen LogP contribution in [0.5, 0.6) is 0 Å². The summed E-state index contributed by atoms with van der Waals surface area (Å²) < 4.78 is 6.52. The van der Waals surface area contributed by atoms with Crippen LogP contribution in [-0.4, -0.2) is 30.8 Å². The molecule has 0 aromatic carbocycles. The van der Waals surface area contributed by atoms with Crippen molar-refractivity contribution in [2.24, 2.45) is 5.92 Å². The molecule has 4 heteroatoms. The Morgan fingerprint density at radius 3 is 3.05 bits per heavy atom. The predicted octanol–water partition coefficient (Wildman–Crippen LogP) is 3.18. The Labute approximate surface area is 124 Å². The zero-order valence-corrected chi connectivity index (χ0v) is 13.2. The van der Waals surface area contributed by atoms with Gasteiger partial charge >= 0.3 is 0 Å². The largest absolute Gasteiger partial charge is 0.381 e. The number of aromatic nitrogens is 1. The van der Waals surface area contributed by atoms with Crippen molar-refractivity contribution >= 4 is 15.9 Å². The smallest absolute Gasteiger partial charge is 0.0495 e. The lowest BCUT2D eigenvalue weighted by Gasteiger charge is -2.21. The fourth-order valence-electron chi connectivity index (χ4n) is 2.54. The van der Waals surface area contributed by atoms with Gasteiger partial charge in [-0.2, -0.15) is 0 Å². The molecule has 2 heterocycles. The summed E-state index contributed by atoms with van der Waals surface area (Å²) in [6.45, 7) is 5.15. The van der Waals surface area contributed by atoms with E-state index in [9.17, 15) is 0 Å². The highest BCUT2D eigenvalue weighted by Crippen LogP contribution is 2.20. The molecule has 106 valence electrons. The Kier molecular flexibility index (Phi) is 6.28. The van der Waals surface area contributed by atoms with E-state index in [1.807, 2.05) is 6.20 Å². The van der Waals surface area contributed by atoms with E-state index in [1.165, 1.54) is 19.3 Å². The number of ether oxygens (including phenoxy) is 1. The lowest BCUT2D eigenvalue weighted by Crippen LogP contribution is -2.34. The highest BCUT2D eigenvalue weighted by molar-refractivity contribution is 9.10. The van der Waals surface area contributed by atoms with Crippen molar-refractivity contribution in [2.75, 3.05) is 19.8 Å². The Morgan fingerprint density at radius 1 is 1.53 bits per heavy atom. The van der Waals surface area contributed by atoms with Gasteiger partial charge in [-0.3, -0.25) is 4.98 Å². The van der Waals surface area contributed by atoms with Gasteiger partial charge in [0.1, 0.15) is 0 Å². The van der Waals surface area contributed by atoms with Crippen LogP contribution in [0.25, 0.3) is 0 Å². The minimum Gasteiger partial charge on any atom is -0.381 e. The Morgan fingerprint density at radius 2 is 2.42 bits per heavy atom. The molecule has 1 N–H and O–H groups in total. The number of hydrogen-bond acceptors (Lipinski definition) is 3. The monoisotopic (exact) mass is 326 g/mol. The van der Waals surface area contributed by atoms with Gasteiger partial charge in [-0.15, -0.1) is 0 Å². The van der Waals surface area contributed by atoms with Gasteiger partial charge in [0.25, 0.3) is 0 Å². The van der Waals surface area contributed by atoms with E-state index in [0.717, 1.165) is 36.3 Å². The molecule has 2 atom stereocenters. The van der Waals surface area contributed by atoms with Crippen molar-refractivity contribution in [3.05, 3.63) is 28.5 Å². The molecule has 1 fully saturated rings. The molecule has 2 rings (SSSR count). The van der Waals surface area contributed by atoms with Crippen LogP contribution in [0, 0.1) is 5.92 Å². The summed E-state index contributed by atoms with van der Waals surface area (Å²) in [5.41, 5.74) is 1.16. The number of nitrogens with one attached hydrogen (secondary N) is 1. The molecule has 0 spiro atoms. The standard InChI is InChI=1S/C15H23BrN2O/c1-2-6-17-15(8-12-5-7-19-11-12)9-14-4-3-13(16)10-18-14/h3-4,10,12,15,17H,2,5-9,11H2,1H3. The first-order valence-electron chi connectivity index (χ1n) is 7.19. The molecule has 1 aromatic heterocycles. The second kappa shape index (κ2) is 7.98. The highest BCUT2D eigenvalue weighted by Gasteiger charge is 2.20. The molecule has 1 aromatic rings. The second-order valence-corrected chi connectivity index (χ2v) is 6.20. The van der Waals surface area contributed by atoms with E-state index >= 15 is 0 Å². The summed E-state index contributed by atoms with van der Waals surface area (Å²) in [6, 6.07) is 4.69. The third-order valence-electron chi connectivity index (χ3n) is 3.57. The minimum absolute atomic E-state index is 0.514. The SMILES string of the molecule is CCCNC(Cc1ccc(Br)cn1)CC1CCOC1. The third kappa shape index (κ3) is 5.21. The summed E-state index contributed by atoms with van der Waals surface area (Å²) in [7, 11) is 0. The lowest BCUT2D eigenvalue weighted by molar-refractivity contribution is 0.181. The first kappa shape index (κ1) is 14.9. The number of pyridine rings is 1. The molecule has 1 saturated heterocycles. The predicted molar refractivity (Wildman–Crippen MR) is 81.3 cm³/mol. The van der Waals surface area contributed by atoms with Crippen LogP contribution in [0.2, 0.25) is 0 Å². The lowest BCUT2D eigenvalue weighted by atomic mass is 9.96. The quantitative estimate of drug-likeness (QED) is 0.835. The number of hydrogen-bond donors (Lipinski definition) is 1. The van der Waals surface area contributed by atoms with Crippen molar-refractivity contribution in [1.29, 1.82) is 0 Å². The van der Waals surface area contributed by atoms with Crippen LogP contribution < -0.4 is 5.32 Å². The molecule has 0 radical (unpaired) electrons. The Hall–Kier alpha value is -0.450. The first-order valence-corrected chi connectivity index (χ1v) is 7.98. The van der Waals surface area contributed by atoms with Crippen molar-refractivity contribution in [1.82, 2.24) is 10.3 Å². The Bertz CT molecular complexity index is 363. The maximum absolute atomic E-state index is 5.48. The van der Waals surface area contributed by atoms with E-state index < -0.39 is 0 Å². The average molecular weight is 327 g/mol. The molecular formula is C15H23BrN2O. The van der Waals surface area contributed by atoms with Crippen molar-refractivity contribution in [2.45, 2.75) is 38.6 Å². The topological polar surface area (TPSA) is 34.2 Å². The van der Waals surface area contributed by atoms with Crippen LogP contribution in [-0.2, 0) is 11.2 Å². The molecule has 0 amide bonds. The average Bonchev–Trinajstić information content (AvgIpc) is 2.91. The van der Waals surface area contributed by atoms with E-state index in [-0.39, 0.29) is 0 Å². The van der Waals surface area contributed by atoms with Crippen LogP contribution in [0.3, 0.4) is 0 Å². The van der Waals surface area contributed by atoms with Crippen molar-refractivity contribution in [3.8, 4) is 0 Å². The van der Waals surface area contributed by atoms with E-state index in [1.54, 1.807) is 0 Å². The Balaban J connectivity index is 1.89. The van der Waals surface area contributed by atoms with Crippen LogP contribution in [0.1, 0.15) is 31.9 Å². The number of rotatable bonds is 7. The molecule has 1 aliphatic rings. The summed E-state index contributed by atoms with van der Waals surface area (Å²) in [6.07, 6.45) is 6.45. The van der Waals surface area contributed by atoms with Crippen LogP contribution in [0.15, 0.2) is 22.8 Å². The van der Waals surface area contributed by atoms with Gasteiger partial charge in [-0.1, -0.05) is 6.92 Å². The van der Waals surface area contributed by atoms with E-state index in [4.69, 9.17) is 4.74 Å². The molecule has 3 nitrogen and oxygen atoms in total. The van der Waals surface area contributed by atoms with Gasteiger partial charge in [0.2, 0.25) is 0 Å². The van der Waals surface area contributed by atoms with Crippen molar-refractivity contribution < 1.29 is 4.74 Å². The summed E-state index contributed by atoms with van der Waals surface area (Å²) >= 11 is 3.43. The number of halogens is 1. The van der Waals surface area contributed by atoms with Gasteiger partial charge in [0, 0.05) is 42.0 Å². The summed E-state index contributed by atoms with van der Waals surface area (Å²) in [5, 5.41) is 3.65. The molecule has 0 aliphatic carbocycles. The molecule has 2 unspecified atom stereocenters. The van der Waals surface area contributed by atoms with E-state index in [2.05, 4.69) is 45.3 Å². The highest BCUT2D eigenvalue weighted by atomic mass is 79.9. The van der Waals surface area contributed by atoms with Crippen molar-refractivity contribution in [3.63, 3.8) is 0 Å². The molecule has 0 saturated carbocycles. The van der Waals surface area contributed by atoms with E-state index in [0.29, 0.717) is 12.0 Å². The molecular weight excluding hydrogens is 304 g/mol. The molecule has 19 heavy (non-hydrogen) atoms. The normalized spacial score (nSPS) is 20.6. The van der Waals surface area contributed by atoms with Crippen LogP contribution in [0.4, 0.5) is 0 Å². The van der Waals surface area contributed by atoms with Crippen LogP contribution >= 0.6 is 15.9 Å². The second-order valence-electron chi connectivity index (χ2n) is 5.29.